The first-order valence-electron chi connectivity index (χ1n) is 7.62. The molecule has 2 rings (SSSR count). The van der Waals surface area contributed by atoms with Gasteiger partial charge in [-0.05, 0) is 37.0 Å². The Morgan fingerprint density at radius 2 is 1.35 bits per heavy atom. The van der Waals surface area contributed by atoms with E-state index in [1.165, 1.54) is 51.9 Å². The summed E-state index contributed by atoms with van der Waals surface area (Å²) in [4.78, 5) is 3.65. The molecule has 1 saturated heterocycles. The van der Waals surface area contributed by atoms with Crippen LogP contribution in [0.4, 0.5) is 0 Å². The van der Waals surface area contributed by atoms with Crippen LogP contribution in [0.5, 0.6) is 0 Å². The Morgan fingerprint density at radius 1 is 0.824 bits per heavy atom. The van der Waals surface area contributed by atoms with E-state index in [-0.39, 0.29) is 0 Å². The molecule has 0 aromatic rings. The lowest BCUT2D eigenvalue weighted by Crippen LogP contribution is -3.28. The largest absolute Gasteiger partial charge is 0.328 e. The van der Waals surface area contributed by atoms with Gasteiger partial charge in [-0.15, -0.1) is 0 Å². The summed E-state index contributed by atoms with van der Waals surface area (Å²) in [6.07, 6.45) is 5.91. The molecule has 0 unspecified atom stereocenters. The SMILES string of the molecule is C[NH+]1CC[NH+](C2CCC(C(C)(C)C)CC2)CC1. The molecule has 2 aliphatic rings. The molecule has 0 spiro atoms. The molecule has 2 N–H and O–H groups in total. The van der Waals surface area contributed by atoms with E-state index in [4.69, 9.17) is 0 Å². The van der Waals surface area contributed by atoms with E-state index in [9.17, 15) is 0 Å². The van der Waals surface area contributed by atoms with Gasteiger partial charge in [-0.25, -0.2) is 0 Å². The first-order valence-corrected chi connectivity index (χ1v) is 7.62. The Kier molecular flexibility index (Phi) is 4.14. The molecule has 100 valence electrons. The van der Waals surface area contributed by atoms with Gasteiger partial charge in [0.2, 0.25) is 0 Å². The third-order valence-electron chi connectivity index (χ3n) is 5.28. The summed E-state index contributed by atoms with van der Waals surface area (Å²) in [6.45, 7) is 12.9. The van der Waals surface area contributed by atoms with Crippen molar-refractivity contribution < 1.29 is 9.80 Å². The molecule has 1 aliphatic heterocycles. The third kappa shape index (κ3) is 3.45. The molecular weight excluding hydrogens is 208 g/mol. The minimum Gasteiger partial charge on any atom is -0.328 e. The lowest BCUT2D eigenvalue weighted by molar-refractivity contribution is -1.02. The number of hydrogen-bond acceptors (Lipinski definition) is 0. The fraction of sp³-hybridized carbons (Fsp3) is 1.00. The molecule has 2 nitrogen and oxygen atoms in total. The number of nitrogens with one attached hydrogen (secondary N) is 2. The number of quaternary nitrogens is 2. The van der Waals surface area contributed by atoms with Crippen LogP contribution in [-0.2, 0) is 0 Å². The van der Waals surface area contributed by atoms with Crippen LogP contribution in [0.3, 0.4) is 0 Å². The molecule has 0 bridgehead atoms. The quantitative estimate of drug-likeness (QED) is 0.639. The van der Waals surface area contributed by atoms with E-state index in [0.717, 1.165) is 12.0 Å². The zero-order chi connectivity index (χ0) is 12.5. The van der Waals surface area contributed by atoms with E-state index in [1.807, 2.05) is 4.90 Å². The van der Waals surface area contributed by atoms with Crippen LogP contribution in [0.1, 0.15) is 46.5 Å². The monoisotopic (exact) mass is 240 g/mol. The highest BCUT2D eigenvalue weighted by Crippen LogP contribution is 2.37. The fourth-order valence-corrected chi connectivity index (χ4v) is 3.77. The number of hydrogen-bond donors (Lipinski definition) is 2. The van der Waals surface area contributed by atoms with Crippen LogP contribution < -0.4 is 9.80 Å². The average Bonchev–Trinajstić information content (AvgIpc) is 2.29. The maximum atomic E-state index is 2.42. The first kappa shape index (κ1) is 13.4. The highest BCUT2D eigenvalue weighted by atomic mass is 15.3. The van der Waals surface area contributed by atoms with Gasteiger partial charge >= 0.3 is 0 Å². The zero-order valence-corrected chi connectivity index (χ0v) is 12.3. The Bertz CT molecular complexity index is 228. The van der Waals surface area contributed by atoms with Crippen molar-refractivity contribution in [2.75, 3.05) is 33.2 Å². The molecule has 1 saturated carbocycles. The molecule has 1 aliphatic carbocycles. The summed E-state index contributed by atoms with van der Waals surface area (Å²) < 4.78 is 0. The Morgan fingerprint density at radius 3 is 1.82 bits per heavy atom. The van der Waals surface area contributed by atoms with Crippen LogP contribution in [0.25, 0.3) is 0 Å². The first-order chi connectivity index (χ1) is 7.97. The van der Waals surface area contributed by atoms with Crippen molar-refractivity contribution in [3.05, 3.63) is 0 Å². The second-order valence-electron chi connectivity index (χ2n) is 7.53. The summed E-state index contributed by atoms with van der Waals surface area (Å²) >= 11 is 0. The maximum absolute atomic E-state index is 2.42. The molecule has 1 heterocycles. The molecule has 2 fully saturated rings. The fourth-order valence-electron chi connectivity index (χ4n) is 3.77. The lowest BCUT2D eigenvalue weighted by Gasteiger charge is -2.40. The van der Waals surface area contributed by atoms with E-state index in [0.29, 0.717) is 5.41 Å². The number of likely N-dealkylation sites (N-methyl/N-ethyl adjacent to an activating group) is 1. The van der Waals surface area contributed by atoms with Crippen LogP contribution >= 0.6 is 0 Å². The van der Waals surface area contributed by atoms with Crippen LogP contribution in [0.15, 0.2) is 0 Å². The average molecular weight is 240 g/mol. The van der Waals surface area contributed by atoms with E-state index < -0.39 is 0 Å². The smallest absolute Gasteiger partial charge is 0.127 e. The zero-order valence-electron chi connectivity index (χ0n) is 12.3. The van der Waals surface area contributed by atoms with Crippen molar-refractivity contribution in [2.24, 2.45) is 11.3 Å². The van der Waals surface area contributed by atoms with Crippen molar-refractivity contribution in [2.45, 2.75) is 52.5 Å². The highest BCUT2D eigenvalue weighted by molar-refractivity contribution is 4.80. The summed E-state index contributed by atoms with van der Waals surface area (Å²) in [5, 5.41) is 0. The summed E-state index contributed by atoms with van der Waals surface area (Å²) in [5.41, 5.74) is 0.534. The van der Waals surface area contributed by atoms with Crippen LogP contribution in [0.2, 0.25) is 0 Å². The molecule has 2 heteroatoms. The third-order valence-corrected chi connectivity index (χ3v) is 5.28. The molecule has 0 amide bonds. The molecule has 0 atom stereocenters. The molecule has 0 radical (unpaired) electrons. The van der Waals surface area contributed by atoms with Crippen LogP contribution in [0, 0.1) is 11.3 Å². The normalized spacial score (nSPS) is 40.2. The van der Waals surface area contributed by atoms with E-state index in [2.05, 4.69) is 27.8 Å². The molecule has 0 aromatic heterocycles. The van der Waals surface area contributed by atoms with Gasteiger partial charge in [0, 0.05) is 0 Å². The number of rotatable bonds is 1. The van der Waals surface area contributed by atoms with Crippen molar-refractivity contribution in [1.29, 1.82) is 0 Å². The Labute approximate surface area is 107 Å². The van der Waals surface area contributed by atoms with Gasteiger partial charge in [0.05, 0.1) is 13.1 Å². The standard InChI is InChI=1S/C15H30N2/c1-15(2,3)13-5-7-14(8-6-13)17-11-9-16(4)10-12-17/h13-14H,5-12H2,1-4H3/p+2. The van der Waals surface area contributed by atoms with Crippen molar-refractivity contribution in [3.8, 4) is 0 Å². The van der Waals surface area contributed by atoms with Crippen molar-refractivity contribution in [3.63, 3.8) is 0 Å². The lowest BCUT2D eigenvalue weighted by atomic mass is 9.71. The second-order valence-corrected chi connectivity index (χ2v) is 7.53. The van der Waals surface area contributed by atoms with E-state index in [1.54, 1.807) is 4.90 Å². The van der Waals surface area contributed by atoms with Gasteiger partial charge in [0.25, 0.3) is 0 Å². The van der Waals surface area contributed by atoms with Gasteiger partial charge in [-0.2, -0.15) is 0 Å². The maximum Gasteiger partial charge on any atom is 0.127 e. The Balaban J connectivity index is 1.79. The molecule has 0 aromatic carbocycles. The van der Waals surface area contributed by atoms with Crippen molar-refractivity contribution >= 4 is 0 Å². The van der Waals surface area contributed by atoms with Gasteiger partial charge < -0.3 is 9.80 Å². The van der Waals surface area contributed by atoms with Crippen LogP contribution in [-0.4, -0.2) is 39.3 Å². The molecule has 17 heavy (non-hydrogen) atoms. The second kappa shape index (κ2) is 5.27. The predicted octanol–water partition coefficient (Wildman–Crippen LogP) is 0.00450. The van der Waals surface area contributed by atoms with Gasteiger partial charge in [0.1, 0.15) is 26.2 Å². The van der Waals surface area contributed by atoms with Gasteiger partial charge in [-0.3, -0.25) is 0 Å². The van der Waals surface area contributed by atoms with E-state index >= 15 is 0 Å². The highest BCUT2D eigenvalue weighted by Gasteiger charge is 2.35. The Hall–Kier alpha value is -0.0800. The minimum atomic E-state index is 0.534. The summed E-state index contributed by atoms with van der Waals surface area (Å²) in [7, 11) is 2.34. The predicted molar refractivity (Wildman–Crippen MR) is 72.5 cm³/mol. The summed E-state index contributed by atoms with van der Waals surface area (Å²) in [6, 6.07) is 0.988. The number of piperazine rings is 1. The van der Waals surface area contributed by atoms with Gasteiger partial charge in [0.15, 0.2) is 0 Å². The summed E-state index contributed by atoms with van der Waals surface area (Å²) in [5.74, 6) is 0.969. The van der Waals surface area contributed by atoms with Crippen molar-refractivity contribution in [1.82, 2.24) is 0 Å². The topological polar surface area (TPSA) is 8.88 Å². The minimum absolute atomic E-state index is 0.534. The van der Waals surface area contributed by atoms with Gasteiger partial charge in [-0.1, -0.05) is 20.8 Å². The molecular formula is C15H32N2+2.